The summed E-state index contributed by atoms with van der Waals surface area (Å²) in [7, 11) is -1.14. The summed E-state index contributed by atoms with van der Waals surface area (Å²) in [5, 5.41) is 0. The van der Waals surface area contributed by atoms with Crippen LogP contribution in [0.2, 0.25) is 19.6 Å². The first-order valence-electron chi connectivity index (χ1n) is 3.62. The largest absolute Gasteiger partial charge is 0.527 e. The predicted molar refractivity (Wildman–Crippen MR) is 49.9 cm³/mol. The minimum Gasteiger partial charge on any atom is -0.527 e. The second kappa shape index (κ2) is 4.03. The molecule has 0 saturated carbocycles. The minimum atomic E-state index is -1.58. The molecule has 66 valence electrons. The molecule has 0 N–H and O–H groups in total. The highest BCUT2D eigenvalue weighted by Crippen LogP contribution is 2.07. The van der Waals surface area contributed by atoms with Crippen LogP contribution in [0.5, 0.6) is 0 Å². The zero-order valence-electron chi connectivity index (χ0n) is 7.80. The van der Waals surface area contributed by atoms with E-state index in [0.717, 1.165) is 0 Å². The van der Waals surface area contributed by atoms with Gasteiger partial charge in [0.25, 0.3) is 0 Å². The van der Waals surface area contributed by atoms with Gasteiger partial charge in [-0.2, -0.15) is 0 Å². The number of carbonyl (C=O) groups excluding carboxylic acids is 1. The summed E-state index contributed by atoms with van der Waals surface area (Å²) in [5.74, 6) is -0.237. The van der Waals surface area contributed by atoms with Crippen molar-refractivity contribution in [2.75, 3.05) is 0 Å². The summed E-state index contributed by atoms with van der Waals surface area (Å²) < 4.78 is 10.1. The highest BCUT2D eigenvalue weighted by molar-refractivity contribution is 6.69. The molecule has 0 aromatic carbocycles. The third kappa shape index (κ3) is 5.17. The van der Waals surface area contributed by atoms with E-state index in [4.69, 9.17) is 4.43 Å². The van der Waals surface area contributed by atoms with Crippen LogP contribution >= 0.6 is 0 Å². The van der Waals surface area contributed by atoms with Gasteiger partial charge in [-0.3, -0.25) is 4.79 Å². The molecule has 0 spiro atoms. The fourth-order valence-electron chi connectivity index (χ4n) is 0.744. The van der Waals surface area contributed by atoms with Crippen LogP contribution in [-0.4, -0.2) is 30.9 Å². The zero-order chi connectivity index (χ0) is 9.07. The number of carbonyl (C=O) groups is 1. The van der Waals surface area contributed by atoms with Gasteiger partial charge in [-0.15, -0.1) is 0 Å². The molecule has 0 aliphatic carbocycles. The lowest BCUT2D eigenvalue weighted by Crippen LogP contribution is -2.35. The molecule has 0 aliphatic heterocycles. The van der Waals surface area contributed by atoms with Crippen LogP contribution in [0, 0.1) is 0 Å². The number of hydrogen-bond donors (Lipinski definition) is 0. The second-order valence-corrected chi connectivity index (χ2v) is 8.26. The fraction of sp³-hybridized carbons (Fsp3) is 0.833. The lowest BCUT2D eigenvalue weighted by atomic mass is 10.4. The molecule has 5 heteroatoms. The highest BCUT2D eigenvalue weighted by atomic mass is 28.4. The summed E-state index contributed by atoms with van der Waals surface area (Å²) in [6.07, 6.45) is -0.390. The molecule has 0 bridgehead atoms. The van der Waals surface area contributed by atoms with Crippen molar-refractivity contribution in [2.24, 2.45) is 0 Å². The molecular formula is C6H16O3Si2. The molecule has 3 nitrogen and oxygen atoms in total. The lowest BCUT2D eigenvalue weighted by molar-refractivity contribution is -0.141. The van der Waals surface area contributed by atoms with E-state index in [9.17, 15) is 4.79 Å². The Morgan fingerprint density at radius 3 is 2.18 bits per heavy atom. The molecule has 0 aromatic rings. The quantitative estimate of drug-likeness (QED) is 0.593. The average Bonchev–Trinajstić information content (AvgIpc) is 1.82. The summed E-state index contributed by atoms with van der Waals surface area (Å²) in [6, 6.07) is 0. The van der Waals surface area contributed by atoms with Gasteiger partial charge in [-0.1, -0.05) is 0 Å². The Labute approximate surface area is 71.8 Å². The van der Waals surface area contributed by atoms with Crippen molar-refractivity contribution in [3.63, 3.8) is 0 Å². The van der Waals surface area contributed by atoms with Crippen molar-refractivity contribution < 1.29 is 13.6 Å². The Balaban J connectivity index is 3.87. The van der Waals surface area contributed by atoms with Crippen molar-refractivity contribution in [3.05, 3.63) is 0 Å². The molecule has 11 heavy (non-hydrogen) atoms. The molecular weight excluding hydrogens is 176 g/mol. The molecule has 0 amide bonds. The van der Waals surface area contributed by atoms with Gasteiger partial charge < -0.3 is 8.85 Å². The molecule has 0 aromatic heterocycles. The van der Waals surface area contributed by atoms with Crippen LogP contribution in [0.4, 0.5) is 0 Å². The van der Waals surface area contributed by atoms with Crippen LogP contribution in [0.25, 0.3) is 0 Å². The van der Waals surface area contributed by atoms with Gasteiger partial charge in [0, 0.05) is 0 Å². The molecule has 0 aliphatic rings. The highest BCUT2D eigenvalue weighted by Gasteiger charge is 2.22. The normalized spacial score (nSPS) is 14.5. The summed E-state index contributed by atoms with van der Waals surface area (Å²) in [6.45, 7) is 7.87. The van der Waals surface area contributed by atoms with E-state index in [1.807, 2.05) is 19.6 Å². The summed E-state index contributed by atoms with van der Waals surface area (Å²) in [5.41, 5.74) is 0. The van der Waals surface area contributed by atoms with Crippen LogP contribution in [0.3, 0.4) is 0 Å². The first-order valence-corrected chi connectivity index (χ1v) is 7.85. The Morgan fingerprint density at radius 2 is 1.91 bits per heavy atom. The third-order valence-corrected chi connectivity index (χ3v) is 2.53. The van der Waals surface area contributed by atoms with Gasteiger partial charge in [-0.05, 0) is 26.6 Å². The maximum Gasteiger partial charge on any atom is 0.319 e. The SMILES string of the molecule is CC(O[Si](C)(C)C)C(=O)O[SiH3]. The smallest absolute Gasteiger partial charge is 0.319 e. The summed E-state index contributed by atoms with van der Waals surface area (Å²) >= 11 is 0. The van der Waals surface area contributed by atoms with E-state index >= 15 is 0 Å². The molecule has 0 fully saturated rings. The van der Waals surface area contributed by atoms with Crippen molar-refractivity contribution in [1.82, 2.24) is 0 Å². The van der Waals surface area contributed by atoms with E-state index in [1.54, 1.807) is 6.92 Å². The predicted octanol–water partition coefficient (Wildman–Crippen LogP) is 0.0500. The number of rotatable bonds is 3. The minimum absolute atomic E-state index is 0.237. The molecule has 0 rings (SSSR count). The van der Waals surface area contributed by atoms with Crippen molar-refractivity contribution in [1.29, 1.82) is 0 Å². The van der Waals surface area contributed by atoms with Gasteiger partial charge in [-0.25, -0.2) is 0 Å². The Morgan fingerprint density at radius 1 is 1.45 bits per heavy atom. The monoisotopic (exact) mass is 192 g/mol. The molecule has 0 saturated heterocycles. The second-order valence-electron chi connectivity index (χ2n) is 3.40. The third-order valence-electron chi connectivity index (χ3n) is 1.06. The van der Waals surface area contributed by atoms with Gasteiger partial charge >= 0.3 is 5.97 Å². The number of hydrogen-bond acceptors (Lipinski definition) is 3. The lowest BCUT2D eigenvalue weighted by Gasteiger charge is -2.21. The van der Waals surface area contributed by atoms with Gasteiger partial charge in [0.05, 0.1) is 0 Å². The first kappa shape index (κ1) is 10.9. The van der Waals surface area contributed by atoms with Gasteiger partial charge in [0.2, 0.25) is 10.5 Å². The Hall–Kier alpha value is -0.136. The van der Waals surface area contributed by atoms with Crippen LogP contribution in [-0.2, 0) is 13.6 Å². The van der Waals surface area contributed by atoms with E-state index in [-0.39, 0.29) is 12.1 Å². The molecule has 0 radical (unpaired) electrons. The summed E-state index contributed by atoms with van der Waals surface area (Å²) in [4.78, 5) is 10.9. The maximum absolute atomic E-state index is 10.9. The molecule has 1 atom stereocenters. The Kier molecular flexibility index (Phi) is 3.98. The van der Waals surface area contributed by atoms with Gasteiger partial charge in [0.15, 0.2) is 8.32 Å². The van der Waals surface area contributed by atoms with E-state index in [1.165, 1.54) is 0 Å². The van der Waals surface area contributed by atoms with Gasteiger partial charge in [0.1, 0.15) is 6.10 Å². The van der Waals surface area contributed by atoms with Crippen LogP contribution in [0.15, 0.2) is 0 Å². The van der Waals surface area contributed by atoms with Crippen molar-refractivity contribution in [2.45, 2.75) is 32.7 Å². The fourth-order valence-corrected chi connectivity index (χ4v) is 2.23. The van der Waals surface area contributed by atoms with Crippen LogP contribution < -0.4 is 0 Å². The standard InChI is InChI=1S/C6H16O3Si2/c1-5(6(7)8-10)9-11(2,3)4/h5H,1-4,10H3. The topological polar surface area (TPSA) is 35.5 Å². The average molecular weight is 192 g/mol. The van der Waals surface area contributed by atoms with Crippen molar-refractivity contribution >= 4 is 24.8 Å². The first-order chi connectivity index (χ1) is 4.87. The molecule has 0 heterocycles. The maximum atomic E-state index is 10.9. The van der Waals surface area contributed by atoms with E-state index in [0.29, 0.717) is 10.5 Å². The zero-order valence-corrected chi connectivity index (χ0v) is 10.8. The van der Waals surface area contributed by atoms with Crippen LogP contribution in [0.1, 0.15) is 6.92 Å². The van der Waals surface area contributed by atoms with E-state index in [2.05, 4.69) is 4.43 Å². The van der Waals surface area contributed by atoms with E-state index < -0.39 is 8.32 Å². The molecule has 1 unspecified atom stereocenters. The Bertz CT molecular complexity index is 141. The van der Waals surface area contributed by atoms with Crippen molar-refractivity contribution in [3.8, 4) is 0 Å².